The molecule has 8 heteroatoms. The minimum absolute atomic E-state index is 0.0535. The normalized spacial score (nSPS) is 16.2. The number of nitrogens with zero attached hydrogens (tertiary/aromatic N) is 4. The highest BCUT2D eigenvalue weighted by Gasteiger charge is 2.35. The van der Waals surface area contributed by atoms with Crippen LogP contribution >= 0.6 is 0 Å². The summed E-state index contributed by atoms with van der Waals surface area (Å²) in [4.78, 5) is 37.1. The maximum absolute atomic E-state index is 12.8. The summed E-state index contributed by atoms with van der Waals surface area (Å²) < 4.78 is 5.05. The van der Waals surface area contributed by atoms with Crippen LogP contribution < -0.4 is 19.9 Å². The van der Waals surface area contributed by atoms with Gasteiger partial charge in [0.2, 0.25) is 11.8 Å². The van der Waals surface area contributed by atoms with Gasteiger partial charge >= 0.3 is 6.01 Å². The van der Waals surface area contributed by atoms with Gasteiger partial charge in [0.25, 0.3) is 0 Å². The van der Waals surface area contributed by atoms with E-state index < -0.39 is 5.92 Å². The minimum Gasteiger partial charge on any atom is -0.467 e. The monoisotopic (exact) mass is 383 g/mol. The smallest absolute Gasteiger partial charge is 0.318 e. The van der Waals surface area contributed by atoms with E-state index in [9.17, 15) is 9.59 Å². The summed E-state index contributed by atoms with van der Waals surface area (Å²) in [5, 5.41) is 2.86. The minimum atomic E-state index is -0.439. The molecule has 28 heavy (non-hydrogen) atoms. The van der Waals surface area contributed by atoms with Crippen molar-refractivity contribution in [1.29, 1.82) is 0 Å². The Morgan fingerprint density at radius 1 is 1.29 bits per heavy atom. The number of nitrogens with one attached hydrogen (secondary N) is 1. The van der Waals surface area contributed by atoms with Crippen molar-refractivity contribution in [3.05, 3.63) is 35.5 Å². The molecule has 1 unspecified atom stereocenters. The van der Waals surface area contributed by atoms with Crippen molar-refractivity contribution in [2.24, 2.45) is 5.92 Å². The Bertz CT molecular complexity index is 913. The molecule has 2 amide bonds. The molecule has 1 aliphatic rings. The van der Waals surface area contributed by atoms with E-state index in [0.29, 0.717) is 18.1 Å². The lowest BCUT2D eigenvalue weighted by atomic mass is 10.1. The number of hydrogen-bond donors (Lipinski definition) is 1. The molecular formula is C20H25N5O3. The van der Waals surface area contributed by atoms with Gasteiger partial charge in [0.1, 0.15) is 5.69 Å². The number of carbonyl (C=O) groups is 2. The van der Waals surface area contributed by atoms with Crippen LogP contribution in [0, 0.1) is 19.8 Å². The molecule has 0 aliphatic carbocycles. The number of ether oxygens (including phenoxy) is 1. The second-order valence-corrected chi connectivity index (χ2v) is 7.15. The van der Waals surface area contributed by atoms with E-state index in [4.69, 9.17) is 4.74 Å². The Labute approximate surface area is 164 Å². The van der Waals surface area contributed by atoms with Crippen molar-refractivity contribution in [3.8, 4) is 6.01 Å². The van der Waals surface area contributed by atoms with Gasteiger partial charge < -0.3 is 19.9 Å². The molecule has 8 nitrogen and oxygen atoms in total. The van der Waals surface area contributed by atoms with E-state index >= 15 is 0 Å². The highest BCUT2D eigenvalue weighted by molar-refractivity contribution is 6.04. The van der Waals surface area contributed by atoms with Crippen LogP contribution in [0.4, 0.5) is 17.2 Å². The molecule has 1 saturated heterocycles. The molecular weight excluding hydrogens is 358 g/mol. The quantitative estimate of drug-likeness (QED) is 0.851. The first kappa shape index (κ1) is 19.6. The average Bonchev–Trinajstić information content (AvgIpc) is 3.06. The Morgan fingerprint density at radius 2 is 2.04 bits per heavy atom. The molecule has 0 bridgehead atoms. The second-order valence-electron chi connectivity index (χ2n) is 7.15. The fourth-order valence-electron chi connectivity index (χ4n) is 3.15. The van der Waals surface area contributed by atoms with Gasteiger partial charge in [-0.05, 0) is 37.1 Å². The third-order valence-electron chi connectivity index (χ3n) is 4.91. The van der Waals surface area contributed by atoms with Crippen LogP contribution in [0.2, 0.25) is 0 Å². The lowest BCUT2D eigenvalue weighted by molar-refractivity contribution is -0.122. The van der Waals surface area contributed by atoms with E-state index in [0.717, 1.165) is 11.3 Å². The Balaban J connectivity index is 1.75. The van der Waals surface area contributed by atoms with Gasteiger partial charge in [-0.15, -0.1) is 0 Å². The second kappa shape index (κ2) is 7.84. The van der Waals surface area contributed by atoms with Crippen LogP contribution in [-0.2, 0) is 9.59 Å². The largest absolute Gasteiger partial charge is 0.467 e. The van der Waals surface area contributed by atoms with Crippen molar-refractivity contribution in [2.45, 2.75) is 20.3 Å². The third kappa shape index (κ3) is 3.90. The lowest BCUT2D eigenvalue weighted by Crippen LogP contribution is -2.28. The number of carbonyl (C=O) groups excluding carboxylic acids is 2. The maximum atomic E-state index is 12.8. The first-order chi connectivity index (χ1) is 13.3. The molecule has 3 rings (SSSR count). The van der Waals surface area contributed by atoms with E-state index in [1.807, 2.05) is 46.1 Å². The van der Waals surface area contributed by atoms with E-state index in [1.54, 1.807) is 9.80 Å². The zero-order valence-corrected chi connectivity index (χ0v) is 16.8. The highest BCUT2D eigenvalue weighted by Crippen LogP contribution is 2.29. The molecule has 148 valence electrons. The van der Waals surface area contributed by atoms with Crippen molar-refractivity contribution in [1.82, 2.24) is 9.97 Å². The van der Waals surface area contributed by atoms with Crippen molar-refractivity contribution in [2.75, 3.05) is 42.9 Å². The molecule has 1 aliphatic heterocycles. The summed E-state index contributed by atoms with van der Waals surface area (Å²) >= 11 is 0. The van der Waals surface area contributed by atoms with Crippen LogP contribution in [0.1, 0.15) is 17.5 Å². The molecule has 2 aromatic rings. The molecule has 0 radical (unpaired) electrons. The number of aromatic nitrogens is 2. The van der Waals surface area contributed by atoms with Gasteiger partial charge in [-0.25, -0.2) is 4.98 Å². The van der Waals surface area contributed by atoms with Crippen molar-refractivity contribution >= 4 is 29.0 Å². The topological polar surface area (TPSA) is 87.7 Å². The SMILES string of the molecule is COc1ncc(NC(=O)C2CC(=O)N(c3ccc(C)c(C)c3)C2)c(N(C)C)n1. The number of anilines is 3. The summed E-state index contributed by atoms with van der Waals surface area (Å²) in [6.07, 6.45) is 1.68. The third-order valence-corrected chi connectivity index (χ3v) is 4.91. The Kier molecular flexibility index (Phi) is 5.48. The lowest BCUT2D eigenvalue weighted by Gasteiger charge is -2.19. The number of methoxy groups -OCH3 is 1. The molecule has 1 N–H and O–H groups in total. The van der Waals surface area contributed by atoms with Crippen LogP contribution in [0.3, 0.4) is 0 Å². The Hall–Kier alpha value is -3.16. The van der Waals surface area contributed by atoms with Crippen molar-refractivity contribution in [3.63, 3.8) is 0 Å². The Morgan fingerprint density at radius 3 is 2.68 bits per heavy atom. The van der Waals surface area contributed by atoms with Crippen LogP contribution in [0.25, 0.3) is 0 Å². The predicted octanol–water partition coefficient (Wildman–Crippen LogP) is 2.16. The summed E-state index contributed by atoms with van der Waals surface area (Å²) in [5.41, 5.74) is 3.59. The number of amides is 2. The zero-order chi connectivity index (χ0) is 20.4. The summed E-state index contributed by atoms with van der Waals surface area (Å²) in [5.74, 6) is -0.180. The average molecular weight is 383 g/mol. The van der Waals surface area contributed by atoms with Gasteiger partial charge in [0.05, 0.1) is 19.2 Å². The summed E-state index contributed by atoms with van der Waals surface area (Å²) in [6, 6.07) is 6.11. The number of hydrogen-bond acceptors (Lipinski definition) is 6. The molecule has 1 aromatic heterocycles. The zero-order valence-electron chi connectivity index (χ0n) is 16.8. The van der Waals surface area contributed by atoms with Gasteiger partial charge in [-0.3, -0.25) is 9.59 Å². The standard InChI is InChI=1S/C20H25N5O3/c1-12-6-7-15(8-13(12)2)25-11-14(9-17(25)26)19(27)22-16-10-21-20(28-5)23-18(16)24(3)4/h6-8,10,14H,9,11H2,1-5H3,(H,22,27). The summed E-state index contributed by atoms with van der Waals surface area (Å²) in [6.45, 7) is 4.39. The maximum Gasteiger partial charge on any atom is 0.318 e. The van der Waals surface area contributed by atoms with Gasteiger partial charge in [0.15, 0.2) is 5.82 Å². The molecule has 0 saturated carbocycles. The predicted molar refractivity (Wildman–Crippen MR) is 108 cm³/mol. The molecule has 2 heterocycles. The summed E-state index contributed by atoms with van der Waals surface area (Å²) in [7, 11) is 5.12. The van der Waals surface area contributed by atoms with E-state index in [1.165, 1.54) is 18.9 Å². The van der Waals surface area contributed by atoms with Gasteiger partial charge in [-0.2, -0.15) is 4.98 Å². The molecule has 1 aromatic carbocycles. The van der Waals surface area contributed by atoms with E-state index in [2.05, 4.69) is 15.3 Å². The van der Waals surface area contributed by atoms with Crippen LogP contribution in [-0.4, -0.2) is 49.5 Å². The van der Waals surface area contributed by atoms with Crippen LogP contribution in [0.15, 0.2) is 24.4 Å². The fourth-order valence-corrected chi connectivity index (χ4v) is 3.15. The molecule has 1 fully saturated rings. The number of rotatable bonds is 5. The van der Waals surface area contributed by atoms with Gasteiger partial charge in [-0.1, -0.05) is 6.07 Å². The van der Waals surface area contributed by atoms with Gasteiger partial charge in [0, 0.05) is 32.7 Å². The first-order valence-electron chi connectivity index (χ1n) is 9.07. The van der Waals surface area contributed by atoms with Crippen molar-refractivity contribution < 1.29 is 14.3 Å². The molecule has 1 atom stereocenters. The highest BCUT2D eigenvalue weighted by atomic mass is 16.5. The number of aryl methyl sites for hydroxylation is 2. The first-order valence-corrected chi connectivity index (χ1v) is 9.07. The van der Waals surface area contributed by atoms with E-state index in [-0.39, 0.29) is 24.2 Å². The van der Waals surface area contributed by atoms with Crippen LogP contribution in [0.5, 0.6) is 6.01 Å². The number of benzene rings is 1. The molecule has 0 spiro atoms. The fraction of sp³-hybridized carbons (Fsp3) is 0.400.